The monoisotopic (exact) mass is 276 g/mol. The average molecular weight is 276 g/mol. The molecular weight excluding hydrogens is 252 g/mol. The molecule has 0 aliphatic carbocycles. The van der Waals surface area contributed by atoms with Gasteiger partial charge in [-0.1, -0.05) is 18.2 Å². The van der Waals surface area contributed by atoms with Gasteiger partial charge in [0.2, 0.25) is 0 Å². The zero-order valence-electron chi connectivity index (χ0n) is 12.3. The third kappa shape index (κ3) is 2.42. The Morgan fingerprint density at radius 3 is 3.00 bits per heavy atom. The van der Waals surface area contributed by atoms with Crippen molar-refractivity contribution in [2.75, 3.05) is 40.3 Å². The summed E-state index contributed by atoms with van der Waals surface area (Å²) in [5.41, 5.74) is 5.51. The molecule has 1 saturated heterocycles. The second-order valence-electron chi connectivity index (χ2n) is 5.89. The highest BCUT2D eigenvalue weighted by Gasteiger charge is 2.33. The van der Waals surface area contributed by atoms with Crippen molar-refractivity contribution in [2.45, 2.75) is 18.5 Å². The summed E-state index contributed by atoms with van der Waals surface area (Å²) in [7, 11) is 4.34. The normalized spacial score (nSPS) is 25.2. The third-order valence-corrected chi connectivity index (χ3v) is 4.54. The van der Waals surface area contributed by atoms with E-state index < -0.39 is 0 Å². The maximum atomic E-state index is 5.89. The highest BCUT2D eigenvalue weighted by molar-refractivity contribution is 5.46. The molecule has 0 amide bonds. The summed E-state index contributed by atoms with van der Waals surface area (Å²) in [6, 6.07) is 6.85. The van der Waals surface area contributed by atoms with Crippen LogP contribution in [0.1, 0.15) is 17.2 Å². The minimum absolute atomic E-state index is 0.0933. The maximum absolute atomic E-state index is 5.89. The lowest BCUT2D eigenvalue weighted by molar-refractivity contribution is 0.0869. The van der Waals surface area contributed by atoms with Crippen molar-refractivity contribution in [1.82, 2.24) is 15.2 Å². The molecule has 0 radical (unpaired) electrons. The smallest absolute Gasteiger partial charge is 0.127 e. The summed E-state index contributed by atoms with van der Waals surface area (Å²) >= 11 is 0. The lowest BCUT2D eigenvalue weighted by atomic mass is 9.94. The third-order valence-electron chi connectivity index (χ3n) is 4.54. The molecule has 0 spiro atoms. The first kappa shape index (κ1) is 13.8. The van der Waals surface area contributed by atoms with E-state index in [1.807, 2.05) is 0 Å². The van der Waals surface area contributed by atoms with Gasteiger partial charge >= 0.3 is 0 Å². The molecule has 3 N–H and O–H groups in total. The Morgan fingerprint density at radius 2 is 2.20 bits per heavy atom. The lowest BCUT2D eigenvalue weighted by Crippen LogP contribution is -2.56. The highest BCUT2D eigenvalue weighted by atomic mass is 16.5. The van der Waals surface area contributed by atoms with Crippen molar-refractivity contribution in [3.63, 3.8) is 0 Å². The van der Waals surface area contributed by atoms with E-state index in [4.69, 9.17) is 10.6 Å². The van der Waals surface area contributed by atoms with E-state index in [9.17, 15) is 0 Å². The van der Waals surface area contributed by atoms with E-state index >= 15 is 0 Å². The number of nitrogens with zero attached hydrogens (tertiary/aromatic N) is 2. The van der Waals surface area contributed by atoms with Crippen molar-refractivity contribution in [2.24, 2.45) is 5.84 Å². The van der Waals surface area contributed by atoms with Crippen LogP contribution in [-0.2, 0) is 6.42 Å². The van der Waals surface area contributed by atoms with Crippen LogP contribution in [0.5, 0.6) is 5.75 Å². The summed E-state index contributed by atoms with van der Waals surface area (Å²) < 4.78 is 5.84. The number of hydrazine groups is 1. The molecule has 5 heteroatoms. The van der Waals surface area contributed by atoms with E-state index in [0.29, 0.717) is 6.04 Å². The molecule has 2 aliphatic heterocycles. The van der Waals surface area contributed by atoms with Gasteiger partial charge in [0.05, 0.1) is 12.6 Å². The standard InChI is InChI=1S/C15H24N4O/c1-18-7-8-19(2)13(10-18)14(17-16)12-5-3-4-11-6-9-20-15(11)12/h3-5,13-14,17H,6-10,16H2,1-2H3. The molecule has 0 saturated carbocycles. The van der Waals surface area contributed by atoms with Gasteiger partial charge in [-0.05, 0) is 19.7 Å². The minimum Gasteiger partial charge on any atom is -0.493 e. The number of piperazine rings is 1. The zero-order chi connectivity index (χ0) is 14.1. The molecule has 1 aromatic carbocycles. The fourth-order valence-corrected chi connectivity index (χ4v) is 3.30. The summed E-state index contributed by atoms with van der Waals surface area (Å²) in [4.78, 5) is 4.75. The van der Waals surface area contributed by atoms with Crippen LogP contribution in [0, 0.1) is 0 Å². The van der Waals surface area contributed by atoms with Gasteiger partial charge in [0.1, 0.15) is 5.75 Å². The predicted molar refractivity (Wildman–Crippen MR) is 79.6 cm³/mol. The number of hydrogen-bond donors (Lipinski definition) is 2. The molecule has 3 rings (SSSR count). The van der Waals surface area contributed by atoms with Gasteiger partial charge in [0.25, 0.3) is 0 Å². The number of likely N-dealkylation sites (N-methyl/N-ethyl adjacent to an activating group) is 2. The number of rotatable bonds is 3. The number of nitrogens with one attached hydrogen (secondary N) is 1. The van der Waals surface area contributed by atoms with Crippen LogP contribution in [0.4, 0.5) is 0 Å². The molecule has 20 heavy (non-hydrogen) atoms. The number of benzene rings is 1. The number of ether oxygens (including phenoxy) is 1. The zero-order valence-corrected chi connectivity index (χ0v) is 12.3. The molecule has 5 nitrogen and oxygen atoms in total. The van der Waals surface area contributed by atoms with Gasteiger partial charge in [0.15, 0.2) is 0 Å². The van der Waals surface area contributed by atoms with E-state index in [1.54, 1.807) is 0 Å². The predicted octanol–water partition coefficient (Wildman–Crippen LogP) is 0.372. The molecule has 2 unspecified atom stereocenters. The molecule has 1 aromatic rings. The summed E-state index contributed by atoms with van der Waals surface area (Å²) in [6.45, 7) is 3.96. The van der Waals surface area contributed by atoms with Crippen molar-refractivity contribution >= 4 is 0 Å². The van der Waals surface area contributed by atoms with Crippen LogP contribution >= 0.6 is 0 Å². The molecular formula is C15H24N4O. The van der Waals surface area contributed by atoms with Crippen LogP contribution in [0.15, 0.2) is 18.2 Å². The summed E-state index contributed by atoms with van der Waals surface area (Å²) in [6.07, 6.45) is 1.00. The average Bonchev–Trinajstić information content (AvgIpc) is 2.92. The Labute approximate surface area is 120 Å². The molecule has 2 heterocycles. The van der Waals surface area contributed by atoms with Crippen molar-refractivity contribution < 1.29 is 4.74 Å². The van der Waals surface area contributed by atoms with Gasteiger partial charge in [-0.25, -0.2) is 0 Å². The molecule has 0 aromatic heterocycles. The second kappa shape index (κ2) is 5.69. The summed E-state index contributed by atoms with van der Waals surface area (Å²) in [5, 5.41) is 0. The number of hydrogen-bond acceptors (Lipinski definition) is 5. The van der Waals surface area contributed by atoms with Crippen molar-refractivity contribution in [3.8, 4) is 5.75 Å². The van der Waals surface area contributed by atoms with Crippen molar-refractivity contribution in [3.05, 3.63) is 29.3 Å². The van der Waals surface area contributed by atoms with Crippen LogP contribution in [0.25, 0.3) is 0 Å². The molecule has 1 fully saturated rings. The first-order valence-corrected chi connectivity index (χ1v) is 7.30. The quantitative estimate of drug-likeness (QED) is 0.617. The Morgan fingerprint density at radius 1 is 1.35 bits per heavy atom. The molecule has 2 aliphatic rings. The van der Waals surface area contributed by atoms with Crippen molar-refractivity contribution in [1.29, 1.82) is 0 Å². The van der Waals surface area contributed by atoms with Crippen LogP contribution in [0.2, 0.25) is 0 Å². The topological polar surface area (TPSA) is 53.8 Å². The maximum Gasteiger partial charge on any atom is 0.127 e. The van der Waals surface area contributed by atoms with Gasteiger partial charge in [0, 0.05) is 37.7 Å². The first-order chi connectivity index (χ1) is 9.70. The number of fused-ring (bicyclic) bond motifs is 1. The Balaban J connectivity index is 1.92. The van der Waals surface area contributed by atoms with Gasteiger partial charge in [-0.2, -0.15) is 0 Å². The fraction of sp³-hybridized carbons (Fsp3) is 0.600. The number of para-hydroxylation sites is 1. The second-order valence-corrected chi connectivity index (χ2v) is 5.89. The van der Waals surface area contributed by atoms with Gasteiger partial charge < -0.3 is 9.64 Å². The van der Waals surface area contributed by atoms with Crippen LogP contribution < -0.4 is 16.0 Å². The Hall–Kier alpha value is -1.14. The van der Waals surface area contributed by atoms with E-state index in [-0.39, 0.29) is 6.04 Å². The first-order valence-electron chi connectivity index (χ1n) is 7.30. The number of nitrogens with two attached hydrogens (primary N) is 1. The minimum atomic E-state index is 0.0933. The van der Waals surface area contributed by atoms with Crippen LogP contribution in [-0.4, -0.2) is 56.2 Å². The Kier molecular flexibility index (Phi) is 3.94. The van der Waals surface area contributed by atoms with Gasteiger partial charge in [-0.3, -0.25) is 16.2 Å². The Bertz CT molecular complexity index is 479. The molecule has 110 valence electrons. The van der Waals surface area contributed by atoms with Crippen LogP contribution in [0.3, 0.4) is 0 Å². The summed E-state index contributed by atoms with van der Waals surface area (Å²) in [5.74, 6) is 6.93. The van der Waals surface area contributed by atoms with Gasteiger partial charge in [-0.15, -0.1) is 0 Å². The molecule has 0 bridgehead atoms. The SMILES string of the molecule is CN1CCN(C)C(C(NN)c2cccc3c2OCC3)C1. The molecule has 2 atom stereocenters. The highest BCUT2D eigenvalue weighted by Crippen LogP contribution is 2.35. The largest absolute Gasteiger partial charge is 0.493 e. The van der Waals surface area contributed by atoms with E-state index in [1.165, 1.54) is 11.1 Å². The van der Waals surface area contributed by atoms with E-state index in [0.717, 1.165) is 38.4 Å². The fourth-order valence-electron chi connectivity index (χ4n) is 3.30. The lowest BCUT2D eigenvalue weighted by Gasteiger charge is -2.42. The van der Waals surface area contributed by atoms with E-state index in [2.05, 4.69) is 47.5 Å².